The van der Waals surface area contributed by atoms with Crippen molar-refractivity contribution in [3.63, 3.8) is 0 Å². The number of piperazine rings is 1. The van der Waals surface area contributed by atoms with Crippen LogP contribution in [0.5, 0.6) is 11.5 Å². The third kappa shape index (κ3) is 4.64. The molecule has 0 spiro atoms. The van der Waals surface area contributed by atoms with Gasteiger partial charge < -0.3 is 24.8 Å². The molecule has 1 aromatic rings. The first-order valence-corrected chi connectivity index (χ1v) is 8.58. The summed E-state index contributed by atoms with van der Waals surface area (Å²) in [5.74, 6) is 0.915. The fraction of sp³-hybridized carbons (Fsp3) is 0.556. The lowest BCUT2D eigenvalue weighted by Crippen LogP contribution is -2.56. The normalized spacial score (nSPS) is 17.5. The average molecular weight is 365 g/mol. The summed E-state index contributed by atoms with van der Waals surface area (Å²) in [6, 6.07) is 5.05. The molecule has 1 atom stereocenters. The fourth-order valence-corrected chi connectivity index (χ4v) is 3.07. The van der Waals surface area contributed by atoms with E-state index < -0.39 is 6.04 Å². The summed E-state index contributed by atoms with van der Waals surface area (Å²) in [5.41, 5.74) is 0.891. The highest BCUT2D eigenvalue weighted by Gasteiger charge is 2.33. The molecule has 1 aliphatic rings. The summed E-state index contributed by atoms with van der Waals surface area (Å²) < 4.78 is 10.8. The van der Waals surface area contributed by atoms with Gasteiger partial charge in [0, 0.05) is 38.8 Å². The number of methoxy groups -OCH3 is 2. The van der Waals surface area contributed by atoms with E-state index in [1.807, 2.05) is 23.1 Å². The van der Waals surface area contributed by atoms with Crippen molar-refractivity contribution in [3.8, 4) is 11.5 Å². The van der Waals surface area contributed by atoms with E-state index in [1.54, 1.807) is 21.3 Å². The average Bonchev–Trinajstić information content (AvgIpc) is 2.64. The predicted molar refractivity (Wildman–Crippen MR) is 96.1 cm³/mol. The first kappa shape index (κ1) is 20.0. The van der Waals surface area contributed by atoms with Gasteiger partial charge in [-0.05, 0) is 6.07 Å². The third-order valence-electron chi connectivity index (χ3n) is 4.53. The molecule has 0 aliphatic carbocycles. The Labute approximate surface area is 153 Å². The first-order valence-electron chi connectivity index (χ1n) is 8.58. The summed E-state index contributed by atoms with van der Waals surface area (Å²) in [6.07, 6.45) is 0.0641. The topological polar surface area (TPSA) is 91.3 Å². The zero-order valence-electron chi connectivity index (χ0n) is 15.5. The molecule has 1 fully saturated rings. The maximum atomic E-state index is 12.4. The standard InChI is InChI=1S/C18H27N3O5/c1-20(9-10-22)16(23)11-14-18(24)19-7-8-21(14)12-13-5-4-6-15(25-2)17(13)26-3/h4-6,14,22H,7-12H2,1-3H3,(H,19,24)/t14-/m0/s1. The Morgan fingerprint density at radius 1 is 1.38 bits per heavy atom. The fourth-order valence-electron chi connectivity index (χ4n) is 3.07. The van der Waals surface area contributed by atoms with Gasteiger partial charge in [0.05, 0.1) is 33.3 Å². The Bertz CT molecular complexity index is 637. The third-order valence-corrected chi connectivity index (χ3v) is 4.53. The lowest BCUT2D eigenvalue weighted by Gasteiger charge is -2.35. The molecule has 8 heteroatoms. The van der Waals surface area contributed by atoms with Crippen LogP contribution in [0.3, 0.4) is 0 Å². The Balaban J connectivity index is 2.18. The van der Waals surface area contributed by atoms with E-state index >= 15 is 0 Å². The molecule has 1 aromatic carbocycles. The number of carbonyl (C=O) groups excluding carboxylic acids is 2. The van der Waals surface area contributed by atoms with Crippen LogP contribution in [-0.4, -0.2) is 80.3 Å². The van der Waals surface area contributed by atoms with Gasteiger partial charge in [0.1, 0.15) is 0 Å². The summed E-state index contributed by atoms with van der Waals surface area (Å²) in [7, 11) is 4.78. The molecule has 1 heterocycles. The van der Waals surface area contributed by atoms with Gasteiger partial charge in [0.15, 0.2) is 11.5 Å². The van der Waals surface area contributed by atoms with Gasteiger partial charge in [-0.1, -0.05) is 12.1 Å². The van der Waals surface area contributed by atoms with Crippen LogP contribution in [0.15, 0.2) is 18.2 Å². The Kier molecular flexibility index (Phi) is 7.23. The van der Waals surface area contributed by atoms with Crippen molar-refractivity contribution < 1.29 is 24.2 Å². The minimum atomic E-state index is -0.562. The molecular weight excluding hydrogens is 338 g/mol. The summed E-state index contributed by atoms with van der Waals surface area (Å²) >= 11 is 0. The number of hydrogen-bond donors (Lipinski definition) is 2. The van der Waals surface area contributed by atoms with Crippen LogP contribution in [0.25, 0.3) is 0 Å². The van der Waals surface area contributed by atoms with Crippen LogP contribution < -0.4 is 14.8 Å². The monoisotopic (exact) mass is 365 g/mol. The zero-order valence-corrected chi connectivity index (χ0v) is 15.5. The number of amides is 2. The molecule has 1 saturated heterocycles. The van der Waals surface area contributed by atoms with E-state index in [-0.39, 0.29) is 31.4 Å². The lowest BCUT2D eigenvalue weighted by molar-refractivity contribution is -0.138. The Hall–Kier alpha value is -2.32. The van der Waals surface area contributed by atoms with E-state index in [4.69, 9.17) is 14.6 Å². The van der Waals surface area contributed by atoms with Crippen LogP contribution in [0.2, 0.25) is 0 Å². The summed E-state index contributed by atoms with van der Waals surface area (Å²) in [5, 5.41) is 11.8. The van der Waals surface area contributed by atoms with Crippen molar-refractivity contribution in [2.24, 2.45) is 0 Å². The number of aliphatic hydroxyl groups is 1. The van der Waals surface area contributed by atoms with Gasteiger partial charge in [-0.25, -0.2) is 0 Å². The quantitative estimate of drug-likeness (QED) is 0.666. The van der Waals surface area contributed by atoms with Gasteiger partial charge >= 0.3 is 0 Å². The molecule has 26 heavy (non-hydrogen) atoms. The second-order valence-electron chi connectivity index (χ2n) is 6.17. The number of nitrogens with zero attached hydrogens (tertiary/aromatic N) is 2. The molecule has 144 valence electrons. The number of nitrogens with one attached hydrogen (secondary N) is 1. The van der Waals surface area contributed by atoms with Crippen LogP contribution in [0.4, 0.5) is 0 Å². The summed E-state index contributed by atoms with van der Waals surface area (Å²) in [6.45, 7) is 1.77. The van der Waals surface area contributed by atoms with Crippen molar-refractivity contribution in [1.82, 2.24) is 15.1 Å². The number of rotatable bonds is 8. The molecule has 1 aliphatic heterocycles. The Morgan fingerprint density at radius 3 is 2.81 bits per heavy atom. The molecule has 2 amide bonds. The molecule has 0 radical (unpaired) electrons. The van der Waals surface area contributed by atoms with Crippen molar-refractivity contribution in [1.29, 1.82) is 0 Å². The number of carbonyl (C=O) groups is 2. The molecule has 0 saturated carbocycles. The van der Waals surface area contributed by atoms with Crippen molar-refractivity contribution in [2.45, 2.75) is 19.0 Å². The maximum Gasteiger partial charge on any atom is 0.237 e. The van der Waals surface area contributed by atoms with E-state index in [2.05, 4.69) is 5.32 Å². The Morgan fingerprint density at radius 2 is 2.15 bits per heavy atom. The first-order chi connectivity index (χ1) is 12.5. The number of hydrogen-bond acceptors (Lipinski definition) is 6. The molecular formula is C18H27N3O5. The van der Waals surface area contributed by atoms with Crippen LogP contribution in [-0.2, 0) is 16.1 Å². The molecule has 0 aromatic heterocycles. The number of ether oxygens (including phenoxy) is 2. The van der Waals surface area contributed by atoms with Crippen LogP contribution in [0, 0.1) is 0 Å². The number of para-hydroxylation sites is 1. The largest absolute Gasteiger partial charge is 0.493 e. The molecule has 8 nitrogen and oxygen atoms in total. The van der Waals surface area contributed by atoms with Gasteiger partial charge in [-0.2, -0.15) is 0 Å². The van der Waals surface area contributed by atoms with Crippen molar-refractivity contribution >= 4 is 11.8 Å². The minimum absolute atomic E-state index is 0.0641. The van der Waals surface area contributed by atoms with Crippen LogP contribution in [0.1, 0.15) is 12.0 Å². The van der Waals surface area contributed by atoms with Crippen molar-refractivity contribution in [3.05, 3.63) is 23.8 Å². The second-order valence-corrected chi connectivity index (χ2v) is 6.17. The maximum absolute atomic E-state index is 12.4. The molecule has 0 bridgehead atoms. The highest BCUT2D eigenvalue weighted by atomic mass is 16.5. The van der Waals surface area contributed by atoms with Crippen molar-refractivity contribution in [2.75, 3.05) is 47.5 Å². The van der Waals surface area contributed by atoms with Gasteiger partial charge in [-0.3, -0.25) is 14.5 Å². The zero-order chi connectivity index (χ0) is 19.1. The second kappa shape index (κ2) is 9.40. The number of benzene rings is 1. The highest BCUT2D eigenvalue weighted by molar-refractivity contribution is 5.88. The van der Waals surface area contributed by atoms with E-state index in [1.165, 1.54) is 4.90 Å². The van der Waals surface area contributed by atoms with Gasteiger partial charge in [0.25, 0.3) is 0 Å². The van der Waals surface area contributed by atoms with E-state index in [0.29, 0.717) is 31.1 Å². The number of aliphatic hydroxyl groups excluding tert-OH is 1. The minimum Gasteiger partial charge on any atom is -0.493 e. The SMILES string of the molecule is COc1cccc(CN2CCNC(=O)[C@@H]2CC(=O)N(C)CCO)c1OC. The van der Waals surface area contributed by atoms with E-state index in [9.17, 15) is 9.59 Å². The van der Waals surface area contributed by atoms with Gasteiger partial charge in [-0.15, -0.1) is 0 Å². The smallest absolute Gasteiger partial charge is 0.237 e. The number of likely N-dealkylation sites (N-methyl/N-ethyl adjacent to an activating group) is 1. The summed E-state index contributed by atoms with van der Waals surface area (Å²) in [4.78, 5) is 28.1. The molecule has 2 N–H and O–H groups in total. The predicted octanol–water partition coefficient (Wildman–Crippen LogP) is -0.155. The van der Waals surface area contributed by atoms with E-state index in [0.717, 1.165) is 5.56 Å². The molecule has 0 unspecified atom stereocenters. The van der Waals surface area contributed by atoms with Crippen LogP contribution >= 0.6 is 0 Å². The molecule has 2 rings (SSSR count). The highest BCUT2D eigenvalue weighted by Crippen LogP contribution is 2.32. The lowest BCUT2D eigenvalue weighted by atomic mass is 10.1. The van der Waals surface area contributed by atoms with Gasteiger partial charge in [0.2, 0.25) is 11.8 Å².